The number of amides is 1. The Morgan fingerprint density at radius 1 is 1.27 bits per heavy atom. The number of nitrogen functional groups attached to an aromatic ring is 1. The number of hydrogen-bond donors (Lipinski definition) is 5. The Hall–Kier alpha value is -2.28. The van der Waals surface area contributed by atoms with Crippen molar-refractivity contribution in [2.45, 2.75) is 0 Å². The van der Waals surface area contributed by atoms with Gasteiger partial charge in [-0.3, -0.25) is 10.2 Å². The minimum atomic E-state index is -1.41. The summed E-state index contributed by atoms with van der Waals surface area (Å²) in [5, 5.41) is 27.1. The maximum atomic E-state index is 11.1. The third-order valence-corrected chi connectivity index (χ3v) is 1.75. The van der Waals surface area contributed by atoms with Crippen molar-refractivity contribution in [3.8, 4) is 11.5 Å². The topological polar surface area (TPSA) is 133 Å². The lowest BCUT2D eigenvalue weighted by Gasteiger charge is -2.07. The molecule has 1 amide bonds. The van der Waals surface area contributed by atoms with Gasteiger partial charge in [0.15, 0.2) is 11.5 Å². The number of carbonyl (C=O) groups excluding carboxylic acids is 1. The molecule has 0 atom stereocenters. The second kappa shape index (κ2) is 3.84. The molecule has 0 fully saturated rings. The molecule has 1 aromatic carbocycles. The minimum absolute atomic E-state index is 0.451. The van der Waals surface area contributed by atoms with Crippen LogP contribution < -0.4 is 11.3 Å². The molecule has 0 unspecified atom stereocenters. The van der Waals surface area contributed by atoms with Crippen LogP contribution in [0.4, 0.5) is 0 Å². The van der Waals surface area contributed by atoms with E-state index in [0.717, 1.165) is 12.1 Å². The Labute approximate surface area is 83.7 Å². The normalized spacial score (nSPS) is 9.67. The molecule has 1 rings (SSSR count). The zero-order chi connectivity index (χ0) is 11.6. The Morgan fingerprint density at radius 3 is 2.33 bits per heavy atom. The predicted octanol–water partition coefficient (Wildman–Crippen LogP) is -0.601. The first kappa shape index (κ1) is 10.8. The molecule has 0 saturated carbocycles. The number of aromatic hydroxyl groups is 2. The van der Waals surface area contributed by atoms with E-state index in [9.17, 15) is 14.7 Å². The van der Waals surface area contributed by atoms with Crippen molar-refractivity contribution >= 4 is 11.9 Å². The molecule has 0 heterocycles. The molecule has 0 aromatic heterocycles. The lowest BCUT2D eigenvalue weighted by Crippen LogP contribution is -2.31. The van der Waals surface area contributed by atoms with E-state index in [1.54, 1.807) is 5.43 Å². The molecule has 0 bridgehead atoms. The van der Waals surface area contributed by atoms with Crippen LogP contribution in [-0.2, 0) is 0 Å². The summed E-state index contributed by atoms with van der Waals surface area (Å²) in [7, 11) is 0. The maximum absolute atomic E-state index is 11.1. The van der Waals surface area contributed by atoms with Crippen LogP contribution in [0, 0.1) is 0 Å². The van der Waals surface area contributed by atoms with Crippen molar-refractivity contribution in [3.63, 3.8) is 0 Å². The lowest BCUT2D eigenvalue weighted by molar-refractivity contribution is 0.0690. The summed E-state index contributed by atoms with van der Waals surface area (Å²) in [5.41, 5.74) is 0.642. The minimum Gasteiger partial charge on any atom is -0.504 e. The highest BCUT2D eigenvalue weighted by atomic mass is 16.4. The van der Waals surface area contributed by atoms with Gasteiger partial charge in [-0.15, -0.1) is 0 Å². The fourth-order valence-corrected chi connectivity index (χ4v) is 1.06. The SMILES string of the molecule is NNC(=O)c1c(C(=O)O)ccc(O)c1O. The van der Waals surface area contributed by atoms with Crippen LogP contribution in [0.3, 0.4) is 0 Å². The van der Waals surface area contributed by atoms with Crippen LogP contribution in [0.1, 0.15) is 20.7 Å². The van der Waals surface area contributed by atoms with Gasteiger partial charge in [0.25, 0.3) is 5.91 Å². The number of carboxylic acid groups (broad SMARTS) is 1. The van der Waals surface area contributed by atoms with Gasteiger partial charge in [-0.1, -0.05) is 0 Å². The van der Waals surface area contributed by atoms with Crippen molar-refractivity contribution in [2.24, 2.45) is 5.84 Å². The van der Waals surface area contributed by atoms with Crippen molar-refractivity contribution in [1.29, 1.82) is 0 Å². The van der Waals surface area contributed by atoms with Gasteiger partial charge in [-0.05, 0) is 12.1 Å². The monoisotopic (exact) mass is 212 g/mol. The Balaban J connectivity index is 3.48. The van der Waals surface area contributed by atoms with Crippen LogP contribution in [0.2, 0.25) is 0 Å². The molecule has 0 aliphatic heterocycles. The van der Waals surface area contributed by atoms with Crippen LogP contribution >= 0.6 is 0 Å². The van der Waals surface area contributed by atoms with Gasteiger partial charge in [0, 0.05) is 0 Å². The van der Waals surface area contributed by atoms with E-state index < -0.39 is 34.5 Å². The third kappa shape index (κ3) is 1.81. The van der Waals surface area contributed by atoms with E-state index in [1.807, 2.05) is 0 Å². The van der Waals surface area contributed by atoms with E-state index in [4.69, 9.17) is 16.1 Å². The van der Waals surface area contributed by atoms with E-state index in [0.29, 0.717) is 0 Å². The van der Waals surface area contributed by atoms with E-state index in [-0.39, 0.29) is 0 Å². The molecule has 1 aromatic rings. The van der Waals surface area contributed by atoms with E-state index in [1.165, 1.54) is 0 Å². The Bertz CT molecular complexity index is 429. The molecule has 0 radical (unpaired) electrons. The molecule has 6 N–H and O–H groups in total. The van der Waals surface area contributed by atoms with Gasteiger partial charge in [0.2, 0.25) is 0 Å². The molecular weight excluding hydrogens is 204 g/mol. The molecule has 0 aliphatic rings. The average molecular weight is 212 g/mol. The summed E-state index contributed by atoms with van der Waals surface area (Å²) in [5.74, 6) is 0.975. The Kier molecular flexibility index (Phi) is 2.77. The Morgan fingerprint density at radius 2 is 1.87 bits per heavy atom. The van der Waals surface area contributed by atoms with Crippen molar-refractivity contribution in [1.82, 2.24) is 5.43 Å². The standard InChI is InChI=1S/C8H8N2O5/c9-10-7(13)5-3(8(14)15)1-2-4(11)6(5)12/h1-2,11-12H,9H2,(H,10,13)(H,14,15). The average Bonchev–Trinajstić information content (AvgIpc) is 2.20. The molecular formula is C8H8N2O5. The largest absolute Gasteiger partial charge is 0.504 e. The van der Waals surface area contributed by atoms with E-state index >= 15 is 0 Å². The molecule has 80 valence electrons. The third-order valence-electron chi connectivity index (χ3n) is 1.75. The number of phenols is 2. The molecule has 7 nitrogen and oxygen atoms in total. The van der Waals surface area contributed by atoms with Crippen LogP contribution in [0.15, 0.2) is 12.1 Å². The first-order chi connectivity index (χ1) is 6.99. The van der Waals surface area contributed by atoms with Crippen molar-refractivity contribution in [2.75, 3.05) is 0 Å². The lowest BCUT2D eigenvalue weighted by atomic mass is 10.1. The van der Waals surface area contributed by atoms with Gasteiger partial charge in [0.05, 0.1) is 5.56 Å². The van der Waals surface area contributed by atoms with Crippen molar-refractivity contribution in [3.05, 3.63) is 23.3 Å². The number of rotatable bonds is 2. The number of hydrazine groups is 1. The summed E-state index contributed by atoms with van der Waals surface area (Å²) in [6.07, 6.45) is 0. The zero-order valence-corrected chi connectivity index (χ0v) is 7.39. The van der Waals surface area contributed by atoms with E-state index in [2.05, 4.69) is 0 Å². The molecule has 7 heteroatoms. The number of hydrogen-bond acceptors (Lipinski definition) is 5. The summed E-state index contributed by atoms with van der Waals surface area (Å²) in [6.45, 7) is 0. The highest BCUT2D eigenvalue weighted by Crippen LogP contribution is 2.31. The quantitative estimate of drug-likeness (QED) is 0.192. The number of nitrogens with one attached hydrogen (secondary N) is 1. The van der Waals surface area contributed by atoms with Crippen LogP contribution in [0.25, 0.3) is 0 Å². The van der Waals surface area contributed by atoms with Crippen molar-refractivity contribution < 1.29 is 24.9 Å². The maximum Gasteiger partial charge on any atom is 0.336 e. The van der Waals surface area contributed by atoms with Gasteiger partial charge in [0.1, 0.15) is 5.56 Å². The van der Waals surface area contributed by atoms with Gasteiger partial charge < -0.3 is 15.3 Å². The molecule has 15 heavy (non-hydrogen) atoms. The summed E-state index contributed by atoms with van der Waals surface area (Å²) < 4.78 is 0. The highest BCUT2D eigenvalue weighted by Gasteiger charge is 2.22. The van der Waals surface area contributed by atoms with Crippen LogP contribution in [0.5, 0.6) is 11.5 Å². The highest BCUT2D eigenvalue weighted by molar-refractivity contribution is 6.07. The van der Waals surface area contributed by atoms with Gasteiger partial charge >= 0.3 is 5.97 Å². The zero-order valence-electron chi connectivity index (χ0n) is 7.39. The molecule has 0 saturated heterocycles. The predicted molar refractivity (Wildman–Crippen MR) is 48.4 cm³/mol. The summed E-state index contributed by atoms with van der Waals surface area (Å²) >= 11 is 0. The number of phenolic OH excluding ortho intramolecular Hbond substituents is 2. The first-order valence-corrected chi connectivity index (χ1v) is 3.78. The second-order valence-electron chi connectivity index (χ2n) is 2.63. The first-order valence-electron chi connectivity index (χ1n) is 3.78. The molecule has 0 spiro atoms. The smallest absolute Gasteiger partial charge is 0.336 e. The second-order valence-corrected chi connectivity index (χ2v) is 2.63. The number of benzene rings is 1. The number of carboxylic acids is 1. The van der Waals surface area contributed by atoms with Gasteiger partial charge in [-0.2, -0.15) is 0 Å². The number of nitrogens with two attached hydrogens (primary N) is 1. The molecule has 0 aliphatic carbocycles. The fourth-order valence-electron chi connectivity index (χ4n) is 1.06. The number of aromatic carboxylic acids is 1. The van der Waals surface area contributed by atoms with Gasteiger partial charge in [-0.25, -0.2) is 10.6 Å². The number of carbonyl (C=O) groups is 2. The summed E-state index contributed by atoms with van der Waals surface area (Å²) in [6, 6.07) is 1.95. The fraction of sp³-hybridized carbons (Fsp3) is 0. The van der Waals surface area contributed by atoms with Crippen LogP contribution in [-0.4, -0.2) is 27.2 Å². The summed E-state index contributed by atoms with van der Waals surface area (Å²) in [4.78, 5) is 21.8.